The molecule has 6 heteroatoms. The monoisotopic (exact) mass is 379 g/mol. The number of hydrazone groups is 1. The molecule has 0 saturated carbocycles. The molecule has 128 valence electrons. The number of aromatic nitrogens is 1. The van der Waals surface area contributed by atoms with Gasteiger partial charge in [0.1, 0.15) is 11.5 Å². The van der Waals surface area contributed by atoms with Crippen LogP contribution in [0.15, 0.2) is 81.6 Å². The van der Waals surface area contributed by atoms with Gasteiger partial charge in [0.2, 0.25) is 5.13 Å². The third-order valence-electron chi connectivity index (χ3n) is 3.68. The third kappa shape index (κ3) is 3.85. The number of halogens is 1. The highest BCUT2D eigenvalue weighted by Gasteiger charge is 2.05. The van der Waals surface area contributed by atoms with E-state index < -0.39 is 0 Å². The summed E-state index contributed by atoms with van der Waals surface area (Å²) in [4.78, 5) is 4.52. The van der Waals surface area contributed by atoms with E-state index in [1.54, 1.807) is 6.21 Å². The van der Waals surface area contributed by atoms with E-state index in [2.05, 4.69) is 15.5 Å². The lowest BCUT2D eigenvalue weighted by atomic mass is 10.2. The first-order valence-corrected chi connectivity index (χ1v) is 9.19. The van der Waals surface area contributed by atoms with Crippen molar-refractivity contribution in [3.63, 3.8) is 0 Å². The predicted molar refractivity (Wildman–Crippen MR) is 108 cm³/mol. The van der Waals surface area contributed by atoms with Gasteiger partial charge in [0, 0.05) is 21.5 Å². The van der Waals surface area contributed by atoms with Crippen LogP contribution in [0.2, 0.25) is 5.02 Å². The lowest BCUT2D eigenvalue weighted by molar-refractivity contribution is 0.575. The van der Waals surface area contributed by atoms with Crippen LogP contribution in [0.5, 0.6) is 0 Å². The number of thiazole rings is 1. The summed E-state index contributed by atoms with van der Waals surface area (Å²) in [5.41, 5.74) is 5.92. The van der Waals surface area contributed by atoms with Crippen LogP contribution in [-0.4, -0.2) is 11.2 Å². The molecule has 4 rings (SSSR count). The Morgan fingerprint density at radius 2 is 1.77 bits per heavy atom. The van der Waals surface area contributed by atoms with Gasteiger partial charge in [-0.2, -0.15) is 5.10 Å². The van der Waals surface area contributed by atoms with Crippen molar-refractivity contribution in [3.8, 4) is 22.6 Å². The molecule has 0 bridgehead atoms. The summed E-state index contributed by atoms with van der Waals surface area (Å²) >= 11 is 7.41. The van der Waals surface area contributed by atoms with Crippen molar-refractivity contribution < 1.29 is 4.42 Å². The standard InChI is InChI=1S/C20H14ClN3OS/c21-16-8-6-15(7-9-16)19-11-10-17(25-19)12-22-24-20-23-18(13-26-20)14-4-2-1-3-5-14/h1-13H,(H,23,24). The van der Waals surface area contributed by atoms with Crippen molar-refractivity contribution in [1.82, 2.24) is 4.98 Å². The molecule has 2 heterocycles. The molecule has 4 nitrogen and oxygen atoms in total. The number of furan rings is 1. The molecule has 0 aliphatic rings. The fourth-order valence-corrected chi connectivity index (χ4v) is 3.20. The SMILES string of the molecule is Clc1ccc(-c2ccc(C=NNc3nc(-c4ccccc4)cs3)o2)cc1. The van der Waals surface area contributed by atoms with Crippen molar-refractivity contribution in [2.24, 2.45) is 5.10 Å². The predicted octanol–water partition coefficient (Wildman–Crippen LogP) is 6.17. The van der Waals surface area contributed by atoms with Gasteiger partial charge in [0.05, 0.1) is 11.9 Å². The summed E-state index contributed by atoms with van der Waals surface area (Å²) in [6, 6.07) is 21.3. The Morgan fingerprint density at radius 3 is 2.58 bits per heavy atom. The summed E-state index contributed by atoms with van der Waals surface area (Å²) in [7, 11) is 0. The minimum absolute atomic E-state index is 0.655. The van der Waals surface area contributed by atoms with E-state index in [1.807, 2.05) is 72.1 Å². The number of anilines is 1. The molecule has 0 amide bonds. The molecule has 4 aromatic rings. The summed E-state index contributed by atoms with van der Waals surface area (Å²) < 4.78 is 5.77. The number of hydrogen-bond donors (Lipinski definition) is 1. The topological polar surface area (TPSA) is 50.4 Å². The molecule has 26 heavy (non-hydrogen) atoms. The number of hydrogen-bond acceptors (Lipinski definition) is 5. The zero-order valence-electron chi connectivity index (χ0n) is 13.6. The second-order valence-electron chi connectivity index (χ2n) is 5.48. The summed E-state index contributed by atoms with van der Waals surface area (Å²) in [6.07, 6.45) is 1.63. The molecule has 0 unspecified atom stereocenters. The minimum Gasteiger partial charge on any atom is -0.455 e. The highest BCUT2D eigenvalue weighted by atomic mass is 35.5. The van der Waals surface area contributed by atoms with Gasteiger partial charge in [-0.3, -0.25) is 5.43 Å². The third-order valence-corrected chi connectivity index (χ3v) is 4.68. The van der Waals surface area contributed by atoms with Crippen LogP contribution in [0.4, 0.5) is 5.13 Å². The fraction of sp³-hybridized carbons (Fsp3) is 0. The van der Waals surface area contributed by atoms with E-state index >= 15 is 0 Å². The van der Waals surface area contributed by atoms with Gasteiger partial charge in [0.25, 0.3) is 0 Å². The van der Waals surface area contributed by atoms with Crippen LogP contribution in [-0.2, 0) is 0 Å². The van der Waals surface area contributed by atoms with Crippen LogP contribution < -0.4 is 5.43 Å². The van der Waals surface area contributed by atoms with E-state index in [1.165, 1.54) is 11.3 Å². The highest BCUT2D eigenvalue weighted by Crippen LogP contribution is 2.25. The average Bonchev–Trinajstić information content (AvgIpc) is 3.33. The van der Waals surface area contributed by atoms with Crippen LogP contribution in [0, 0.1) is 0 Å². The second kappa shape index (κ2) is 7.56. The van der Waals surface area contributed by atoms with Gasteiger partial charge in [-0.1, -0.05) is 41.9 Å². The lowest BCUT2D eigenvalue weighted by Gasteiger charge is -1.96. The van der Waals surface area contributed by atoms with E-state index in [0.29, 0.717) is 10.8 Å². The van der Waals surface area contributed by atoms with Gasteiger partial charge >= 0.3 is 0 Å². The Bertz CT molecular complexity index is 1020. The Kier molecular flexibility index (Phi) is 4.82. The van der Waals surface area contributed by atoms with Crippen molar-refractivity contribution in [3.05, 3.63) is 82.9 Å². The Hall–Kier alpha value is -2.89. The molecule has 0 atom stereocenters. The number of benzene rings is 2. The molecular formula is C20H14ClN3OS. The maximum absolute atomic E-state index is 5.91. The normalized spacial score (nSPS) is 11.1. The lowest BCUT2D eigenvalue weighted by Crippen LogP contribution is -1.89. The highest BCUT2D eigenvalue weighted by molar-refractivity contribution is 7.14. The molecule has 1 N–H and O–H groups in total. The van der Waals surface area contributed by atoms with Crippen LogP contribution in [0.1, 0.15) is 5.76 Å². The maximum Gasteiger partial charge on any atom is 0.203 e. The largest absolute Gasteiger partial charge is 0.455 e. The second-order valence-corrected chi connectivity index (χ2v) is 6.78. The fourth-order valence-electron chi connectivity index (χ4n) is 2.41. The smallest absolute Gasteiger partial charge is 0.203 e. The van der Waals surface area contributed by atoms with Crippen molar-refractivity contribution >= 4 is 34.3 Å². The molecule has 0 spiro atoms. The van der Waals surface area contributed by atoms with Crippen LogP contribution in [0.3, 0.4) is 0 Å². The van der Waals surface area contributed by atoms with Crippen LogP contribution >= 0.6 is 22.9 Å². The first-order chi connectivity index (χ1) is 12.8. The van der Waals surface area contributed by atoms with Gasteiger partial charge < -0.3 is 4.42 Å². The average molecular weight is 380 g/mol. The summed E-state index contributed by atoms with van der Waals surface area (Å²) in [6.45, 7) is 0. The molecule has 0 radical (unpaired) electrons. The van der Waals surface area contributed by atoms with E-state index in [0.717, 1.165) is 27.7 Å². The molecule has 2 aromatic heterocycles. The molecule has 2 aromatic carbocycles. The maximum atomic E-state index is 5.91. The van der Waals surface area contributed by atoms with Crippen molar-refractivity contribution in [1.29, 1.82) is 0 Å². The number of rotatable bonds is 5. The van der Waals surface area contributed by atoms with Gasteiger partial charge in [-0.05, 0) is 36.4 Å². The molecule has 0 aliphatic carbocycles. The van der Waals surface area contributed by atoms with E-state index in [9.17, 15) is 0 Å². The minimum atomic E-state index is 0.655. The number of nitrogens with one attached hydrogen (secondary N) is 1. The number of nitrogens with zero attached hydrogens (tertiary/aromatic N) is 2. The first-order valence-electron chi connectivity index (χ1n) is 7.94. The van der Waals surface area contributed by atoms with Crippen molar-refractivity contribution in [2.75, 3.05) is 5.43 Å². The van der Waals surface area contributed by atoms with Crippen molar-refractivity contribution in [2.45, 2.75) is 0 Å². The molecule has 0 aliphatic heterocycles. The Balaban J connectivity index is 1.42. The van der Waals surface area contributed by atoms with E-state index in [4.69, 9.17) is 16.0 Å². The molecular weight excluding hydrogens is 366 g/mol. The quantitative estimate of drug-likeness (QED) is 0.333. The van der Waals surface area contributed by atoms with Gasteiger partial charge in [-0.15, -0.1) is 11.3 Å². The Morgan fingerprint density at radius 1 is 0.962 bits per heavy atom. The first kappa shape index (κ1) is 16.6. The van der Waals surface area contributed by atoms with Crippen LogP contribution in [0.25, 0.3) is 22.6 Å². The summed E-state index contributed by atoms with van der Waals surface area (Å²) in [5, 5.41) is 7.62. The van der Waals surface area contributed by atoms with Gasteiger partial charge in [0.15, 0.2) is 0 Å². The Labute approximate surface area is 159 Å². The molecule has 0 fully saturated rings. The zero-order valence-corrected chi connectivity index (χ0v) is 15.2. The van der Waals surface area contributed by atoms with E-state index in [-0.39, 0.29) is 0 Å². The molecule has 0 saturated heterocycles. The van der Waals surface area contributed by atoms with Gasteiger partial charge in [-0.25, -0.2) is 4.98 Å². The summed E-state index contributed by atoms with van der Waals surface area (Å²) in [5.74, 6) is 1.42. The zero-order chi connectivity index (χ0) is 17.8.